The van der Waals surface area contributed by atoms with Gasteiger partial charge in [0, 0.05) is 43.8 Å². The first-order valence-corrected chi connectivity index (χ1v) is 9.05. The number of halogens is 1. The van der Waals surface area contributed by atoms with Crippen LogP contribution in [0, 0.1) is 0 Å². The van der Waals surface area contributed by atoms with Crippen molar-refractivity contribution in [2.45, 2.75) is 32.7 Å². The van der Waals surface area contributed by atoms with Crippen LogP contribution in [0.25, 0.3) is 0 Å². The van der Waals surface area contributed by atoms with Crippen LogP contribution in [0.2, 0.25) is 5.02 Å². The van der Waals surface area contributed by atoms with Crippen LogP contribution in [0.1, 0.15) is 38.3 Å². The van der Waals surface area contributed by atoms with Gasteiger partial charge in [-0.1, -0.05) is 37.6 Å². The molecular weight excluding hydrogens is 294 g/mol. The summed E-state index contributed by atoms with van der Waals surface area (Å²) >= 11 is 6.08. The molecule has 0 aromatic heterocycles. The van der Waals surface area contributed by atoms with E-state index in [1.54, 1.807) is 0 Å². The summed E-state index contributed by atoms with van der Waals surface area (Å²) in [7, 11) is 0. The molecule has 2 rings (SSSR count). The Bertz CT molecular complexity index is 409. The third-order valence-electron chi connectivity index (χ3n) is 4.36. The lowest BCUT2D eigenvalue weighted by molar-refractivity contribution is 0.129. The van der Waals surface area contributed by atoms with Crippen LogP contribution in [-0.2, 0) is 0 Å². The molecule has 0 spiro atoms. The fraction of sp³-hybridized carbons (Fsp3) is 0.667. The highest BCUT2D eigenvalue weighted by molar-refractivity contribution is 6.30. The third kappa shape index (κ3) is 5.24. The number of rotatable bonds is 8. The summed E-state index contributed by atoms with van der Waals surface area (Å²) in [5.41, 5.74) is 1.39. The molecule has 1 saturated heterocycles. The minimum absolute atomic E-state index is 0.468. The maximum Gasteiger partial charge on any atom is 0.0475 e. The van der Waals surface area contributed by atoms with Crippen LogP contribution in [0.15, 0.2) is 24.3 Å². The van der Waals surface area contributed by atoms with E-state index in [-0.39, 0.29) is 0 Å². The molecule has 0 amide bonds. The molecule has 0 bridgehead atoms. The smallest absolute Gasteiger partial charge is 0.0475 e. The molecule has 0 radical (unpaired) electrons. The number of hydrogen-bond acceptors (Lipinski definition) is 3. The second kappa shape index (κ2) is 9.51. The van der Waals surface area contributed by atoms with Crippen molar-refractivity contribution in [1.82, 2.24) is 15.1 Å². The third-order valence-corrected chi connectivity index (χ3v) is 4.61. The summed E-state index contributed by atoms with van der Waals surface area (Å²) in [6, 6.07) is 8.92. The van der Waals surface area contributed by atoms with Gasteiger partial charge in [0.1, 0.15) is 0 Å². The van der Waals surface area contributed by atoms with Gasteiger partial charge in [0.05, 0.1) is 0 Å². The molecule has 1 unspecified atom stereocenters. The van der Waals surface area contributed by atoms with Crippen molar-refractivity contribution in [3.63, 3.8) is 0 Å². The van der Waals surface area contributed by atoms with E-state index in [2.05, 4.69) is 41.1 Å². The summed E-state index contributed by atoms with van der Waals surface area (Å²) in [5, 5.41) is 4.26. The Hall–Kier alpha value is -0.610. The quantitative estimate of drug-likeness (QED) is 0.791. The zero-order valence-electron chi connectivity index (χ0n) is 14.0. The van der Waals surface area contributed by atoms with Crippen molar-refractivity contribution in [2.24, 2.45) is 0 Å². The molecule has 0 saturated carbocycles. The monoisotopic (exact) mass is 323 g/mol. The van der Waals surface area contributed by atoms with E-state index in [4.69, 9.17) is 11.6 Å². The topological polar surface area (TPSA) is 18.5 Å². The van der Waals surface area contributed by atoms with Crippen molar-refractivity contribution >= 4 is 11.6 Å². The zero-order chi connectivity index (χ0) is 15.8. The van der Waals surface area contributed by atoms with Gasteiger partial charge >= 0.3 is 0 Å². The average Bonchev–Trinajstić information content (AvgIpc) is 2.54. The number of nitrogens with one attached hydrogen (secondary N) is 1. The van der Waals surface area contributed by atoms with Gasteiger partial charge in [-0.25, -0.2) is 0 Å². The molecular formula is C18H30ClN3. The first kappa shape index (κ1) is 17.7. The van der Waals surface area contributed by atoms with Crippen LogP contribution in [0.3, 0.4) is 0 Å². The van der Waals surface area contributed by atoms with Gasteiger partial charge in [-0.2, -0.15) is 0 Å². The highest BCUT2D eigenvalue weighted by Crippen LogP contribution is 2.24. The lowest BCUT2D eigenvalue weighted by atomic mass is 10.0. The Morgan fingerprint density at radius 2 is 1.68 bits per heavy atom. The van der Waals surface area contributed by atoms with Crippen LogP contribution in [0.5, 0.6) is 0 Å². The van der Waals surface area contributed by atoms with E-state index in [1.165, 1.54) is 18.4 Å². The molecule has 1 aliphatic heterocycles. The average molecular weight is 324 g/mol. The largest absolute Gasteiger partial charge is 0.314 e. The van der Waals surface area contributed by atoms with Gasteiger partial charge < -0.3 is 5.32 Å². The maximum atomic E-state index is 6.08. The van der Waals surface area contributed by atoms with E-state index in [0.717, 1.165) is 50.8 Å². The first-order valence-electron chi connectivity index (χ1n) is 8.67. The highest BCUT2D eigenvalue weighted by atomic mass is 35.5. The van der Waals surface area contributed by atoms with Crippen LogP contribution in [-0.4, -0.2) is 55.6 Å². The molecule has 0 aliphatic carbocycles. The van der Waals surface area contributed by atoms with Crippen LogP contribution in [0.4, 0.5) is 0 Å². The lowest BCUT2D eigenvalue weighted by Crippen LogP contribution is -2.47. The number of hydrogen-bond donors (Lipinski definition) is 1. The van der Waals surface area contributed by atoms with Crippen molar-refractivity contribution in [3.05, 3.63) is 34.9 Å². The normalized spacial score (nSPS) is 17.8. The molecule has 4 heteroatoms. The second-order valence-corrected chi connectivity index (χ2v) is 6.59. The molecule has 1 N–H and O–H groups in total. The summed E-state index contributed by atoms with van der Waals surface area (Å²) < 4.78 is 0. The highest BCUT2D eigenvalue weighted by Gasteiger charge is 2.23. The standard InChI is InChI=1S/C18H30ClN3/c1-3-11-22(12-4-2)18(15-21-13-9-20-10-14-21)16-5-7-17(19)8-6-16/h5-8,18,20H,3-4,9-15H2,1-2H3. The van der Waals surface area contributed by atoms with Crippen LogP contribution >= 0.6 is 11.6 Å². The SMILES string of the molecule is CCCN(CCC)C(CN1CCNCC1)c1ccc(Cl)cc1. The van der Waals surface area contributed by atoms with Gasteiger partial charge in [0.2, 0.25) is 0 Å². The predicted octanol–water partition coefficient (Wildman–Crippen LogP) is 3.41. The molecule has 1 aromatic carbocycles. The minimum atomic E-state index is 0.468. The molecule has 1 fully saturated rings. The van der Waals surface area contributed by atoms with E-state index in [0.29, 0.717) is 6.04 Å². The predicted molar refractivity (Wildman–Crippen MR) is 95.7 cm³/mol. The summed E-state index contributed by atoms with van der Waals surface area (Å²) in [5.74, 6) is 0. The Morgan fingerprint density at radius 1 is 1.09 bits per heavy atom. The first-order chi connectivity index (χ1) is 10.7. The van der Waals surface area contributed by atoms with Crippen molar-refractivity contribution in [2.75, 3.05) is 45.8 Å². The molecule has 1 heterocycles. The number of nitrogens with zero attached hydrogens (tertiary/aromatic N) is 2. The van der Waals surface area contributed by atoms with Crippen molar-refractivity contribution in [3.8, 4) is 0 Å². The molecule has 22 heavy (non-hydrogen) atoms. The molecule has 3 nitrogen and oxygen atoms in total. The Labute approximate surface area is 140 Å². The Balaban J connectivity index is 2.15. The fourth-order valence-corrected chi connectivity index (χ4v) is 3.38. The summed E-state index contributed by atoms with van der Waals surface area (Å²) in [4.78, 5) is 5.24. The van der Waals surface area contributed by atoms with Crippen molar-refractivity contribution in [1.29, 1.82) is 0 Å². The lowest BCUT2D eigenvalue weighted by Gasteiger charge is -2.37. The van der Waals surface area contributed by atoms with Gasteiger partial charge in [-0.05, 0) is 43.6 Å². The van der Waals surface area contributed by atoms with Gasteiger partial charge in [0.25, 0.3) is 0 Å². The van der Waals surface area contributed by atoms with Gasteiger partial charge in [-0.3, -0.25) is 9.80 Å². The zero-order valence-corrected chi connectivity index (χ0v) is 14.8. The van der Waals surface area contributed by atoms with Gasteiger partial charge in [0.15, 0.2) is 0 Å². The maximum absolute atomic E-state index is 6.08. The molecule has 1 aromatic rings. The summed E-state index contributed by atoms with van der Waals surface area (Å²) in [6.07, 6.45) is 2.40. The molecule has 1 atom stereocenters. The summed E-state index contributed by atoms with van der Waals surface area (Å²) in [6.45, 7) is 12.5. The minimum Gasteiger partial charge on any atom is -0.314 e. The van der Waals surface area contributed by atoms with Crippen LogP contribution < -0.4 is 5.32 Å². The fourth-order valence-electron chi connectivity index (χ4n) is 3.25. The number of benzene rings is 1. The van der Waals surface area contributed by atoms with E-state index >= 15 is 0 Å². The second-order valence-electron chi connectivity index (χ2n) is 6.15. The Morgan fingerprint density at radius 3 is 2.23 bits per heavy atom. The molecule has 1 aliphatic rings. The van der Waals surface area contributed by atoms with E-state index < -0.39 is 0 Å². The van der Waals surface area contributed by atoms with E-state index in [9.17, 15) is 0 Å². The number of piperazine rings is 1. The van der Waals surface area contributed by atoms with Crippen molar-refractivity contribution < 1.29 is 0 Å². The van der Waals surface area contributed by atoms with E-state index in [1.807, 2.05) is 12.1 Å². The van der Waals surface area contributed by atoms with Gasteiger partial charge in [-0.15, -0.1) is 0 Å². The molecule has 124 valence electrons. The Kier molecular flexibility index (Phi) is 7.67.